The third kappa shape index (κ3) is 4.38. The van der Waals surface area contributed by atoms with E-state index < -0.39 is 0 Å². The van der Waals surface area contributed by atoms with E-state index in [1.807, 2.05) is 18.2 Å². The maximum Gasteiger partial charge on any atom is 0.227 e. The number of anilines is 1. The van der Waals surface area contributed by atoms with Gasteiger partial charge in [-0.05, 0) is 56.0 Å². The first-order chi connectivity index (χ1) is 13.1. The van der Waals surface area contributed by atoms with Crippen LogP contribution in [0.25, 0.3) is 10.9 Å². The van der Waals surface area contributed by atoms with Gasteiger partial charge in [0.2, 0.25) is 5.91 Å². The quantitative estimate of drug-likeness (QED) is 0.592. The number of pyridine rings is 1. The minimum atomic E-state index is 0.00199. The second-order valence-electron chi connectivity index (χ2n) is 7.07. The Morgan fingerprint density at radius 1 is 1.19 bits per heavy atom. The lowest BCUT2D eigenvalue weighted by Gasteiger charge is -2.12. The van der Waals surface area contributed by atoms with E-state index in [0.29, 0.717) is 18.8 Å². The average molecular weight is 364 g/mol. The van der Waals surface area contributed by atoms with Crippen molar-refractivity contribution in [3.05, 3.63) is 59.4 Å². The number of benzene rings is 1. The Balaban J connectivity index is 1.86. The van der Waals surface area contributed by atoms with Crippen LogP contribution in [0.15, 0.2) is 42.6 Å². The van der Waals surface area contributed by atoms with Crippen LogP contribution < -0.4 is 5.32 Å². The van der Waals surface area contributed by atoms with Crippen molar-refractivity contribution >= 4 is 22.6 Å². The molecule has 1 aromatic carbocycles. The second-order valence-corrected chi connectivity index (χ2v) is 7.07. The Kier molecular flexibility index (Phi) is 6.28. The number of hydrogen-bond acceptors (Lipinski definition) is 2. The van der Waals surface area contributed by atoms with Crippen LogP contribution in [0.5, 0.6) is 0 Å². The van der Waals surface area contributed by atoms with E-state index in [1.165, 1.54) is 40.6 Å². The molecule has 0 bridgehead atoms. The highest BCUT2D eigenvalue weighted by Gasteiger charge is 2.16. The van der Waals surface area contributed by atoms with Gasteiger partial charge in [-0.2, -0.15) is 0 Å². The van der Waals surface area contributed by atoms with Crippen molar-refractivity contribution in [1.82, 2.24) is 9.55 Å². The Labute approximate surface area is 161 Å². The van der Waals surface area contributed by atoms with Crippen molar-refractivity contribution in [1.29, 1.82) is 0 Å². The minimum Gasteiger partial charge on any atom is -0.344 e. The van der Waals surface area contributed by atoms with E-state index >= 15 is 0 Å². The number of aryl methyl sites for hydroxylation is 3. The molecule has 4 nitrogen and oxygen atoms in total. The van der Waals surface area contributed by atoms with Gasteiger partial charge in [-0.15, -0.1) is 0 Å². The molecule has 0 fully saturated rings. The molecule has 0 spiro atoms. The van der Waals surface area contributed by atoms with Gasteiger partial charge in [0.05, 0.1) is 0 Å². The first kappa shape index (κ1) is 19.2. The fraction of sp³-hybridized carbons (Fsp3) is 0.391. The Bertz CT molecular complexity index is 912. The topological polar surface area (TPSA) is 46.9 Å². The summed E-state index contributed by atoms with van der Waals surface area (Å²) in [5, 5.41) is 4.23. The fourth-order valence-corrected chi connectivity index (χ4v) is 3.73. The molecule has 0 aliphatic rings. The largest absolute Gasteiger partial charge is 0.344 e. The van der Waals surface area contributed by atoms with Crippen LogP contribution in [0, 0.1) is 6.92 Å². The monoisotopic (exact) mass is 363 g/mol. The Morgan fingerprint density at radius 3 is 2.74 bits per heavy atom. The maximum atomic E-state index is 12.4. The molecule has 0 atom stereocenters. The molecule has 0 saturated heterocycles. The molecule has 0 radical (unpaired) electrons. The van der Waals surface area contributed by atoms with Crippen molar-refractivity contribution in [2.45, 2.75) is 59.4 Å². The lowest BCUT2D eigenvalue weighted by molar-refractivity contribution is -0.116. The lowest BCUT2D eigenvalue weighted by atomic mass is 10.0. The summed E-state index contributed by atoms with van der Waals surface area (Å²) in [5.74, 6) is 0.609. The molecular weight excluding hydrogens is 334 g/mol. The summed E-state index contributed by atoms with van der Waals surface area (Å²) in [6.45, 7) is 7.28. The number of carbonyl (C=O) groups is 1. The van der Waals surface area contributed by atoms with E-state index in [1.54, 1.807) is 6.20 Å². The van der Waals surface area contributed by atoms with E-state index in [-0.39, 0.29) is 5.91 Å². The highest BCUT2D eigenvalue weighted by atomic mass is 16.1. The molecule has 142 valence electrons. The lowest BCUT2D eigenvalue weighted by Crippen LogP contribution is -2.16. The third-order valence-electron chi connectivity index (χ3n) is 5.06. The van der Waals surface area contributed by atoms with E-state index in [0.717, 1.165) is 12.8 Å². The van der Waals surface area contributed by atoms with Crippen LogP contribution in [0.4, 0.5) is 5.82 Å². The normalized spacial score (nSPS) is 11.1. The van der Waals surface area contributed by atoms with Crippen molar-refractivity contribution in [2.24, 2.45) is 0 Å². The number of nitrogens with zero attached hydrogens (tertiary/aromatic N) is 2. The molecule has 0 aliphatic carbocycles. The highest BCUT2D eigenvalue weighted by molar-refractivity contribution is 5.90. The first-order valence-corrected chi connectivity index (χ1v) is 9.95. The Morgan fingerprint density at radius 2 is 2.04 bits per heavy atom. The van der Waals surface area contributed by atoms with Gasteiger partial charge >= 0.3 is 0 Å². The molecule has 1 N–H and O–H groups in total. The molecule has 2 aromatic heterocycles. The van der Waals surface area contributed by atoms with E-state index in [4.69, 9.17) is 0 Å². The van der Waals surface area contributed by atoms with Crippen LogP contribution in [-0.2, 0) is 24.2 Å². The van der Waals surface area contributed by atoms with Crippen LogP contribution >= 0.6 is 0 Å². The fourth-order valence-electron chi connectivity index (χ4n) is 3.73. The van der Waals surface area contributed by atoms with E-state index in [2.05, 4.69) is 53.8 Å². The molecular formula is C23H29N3O. The SMILES string of the molecule is CCCCc1c(CC)c2cc(C)ccc2n1CCC(=O)Nc1ccccn1. The predicted octanol–water partition coefficient (Wildman–Crippen LogP) is 5.28. The summed E-state index contributed by atoms with van der Waals surface area (Å²) in [5.41, 5.74) is 5.36. The smallest absolute Gasteiger partial charge is 0.227 e. The van der Waals surface area contributed by atoms with Gasteiger partial charge in [0.15, 0.2) is 0 Å². The van der Waals surface area contributed by atoms with Crippen molar-refractivity contribution in [3.63, 3.8) is 0 Å². The summed E-state index contributed by atoms with van der Waals surface area (Å²) in [4.78, 5) is 16.6. The number of amides is 1. The third-order valence-corrected chi connectivity index (χ3v) is 5.06. The highest BCUT2D eigenvalue weighted by Crippen LogP contribution is 2.29. The zero-order valence-corrected chi connectivity index (χ0v) is 16.6. The number of aromatic nitrogens is 2. The molecule has 27 heavy (non-hydrogen) atoms. The number of hydrogen-bond donors (Lipinski definition) is 1. The number of nitrogens with one attached hydrogen (secondary N) is 1. The zero-order chi connectivity index (χ0) is 19.2. The molecule has 1 amide bonds. The Hall–Kier alpha value is -2.62. The predicted molar refractivity (Wildman–Crippen MR) is 112 cm³/mol. The van der Waals surface area contributed by atoms with Gasteiger partial charge in [0, 0.05) is 35.8 Å². The van der Waals surface area contributed by atoms with Crippen molar-refractivity contribution < 1.29 is 4.79 Å². The molecule has 0 saturated carbocycles. The van der Waals surface area contributed by atoms with Gasteiger partial charge in [-0.25, -0.2) is 4.98 Å². The number of carbonyl (C=O) groups excluding carboxylic acids is 1. The zero-order valence-electron chi connectivity index (χ0n) is 16.6. The summed E-state index contributed by atoms with van der Waals surface area (Å²) >= 11 is 0. The van der Waals surface area contributed by atoms with Crippen molar-refractivity contribution in [2.75, 3.05) is 5.32 Å². The molecule has 3 aromatic rings. The van der Waals surface area contributed by atoms with Crippen LogP contribution in [0.2, 0.25) is 0 Å². The standard InChI is InChI=1S/C23H29N3O/c1-4-6-9-20-18(5-2)19-16-17(3)11-12-21(19)26(20)15-13-23(27)25-22-10-7-8-14-24-22/h7-8,10-12,14,16H,4-6,9,13,15H2,1-3H3,(H,24,25,27). The average Bonchev–Trinajstić information content (AvgIpc) is 2.97. The summed E-state index contributed by atoms with van der Waals surface area (Å²) in [6.07, 6.45) is 6.55. The van der Waals surface area contributed by atoms with Crippen LogP contribution in [0.1, 0.15) is 49.9 Å². The number of fused-ring (bicyclic) bond motifs is 1. The molecule has 0 aliphatic heterocycles. The summed E-state index contributed by atoms with van der Waals surface area (Å²) in [7, 11) is 0. The minimum absolute atomic E-state index is 0.00199. The van der Waals surface area contributed by atoms with Gasteiger partial charge in [0.25, 0.3) is 0 Å². The first-order valence-electron chi connectivity index (χ1n) is 9.95. The van der Waals surface area contributed by atoms with Gasteiger partial charge < -0.3 is 9.88 Å². The van der Waals surface area contributed by atoms with Gasteiger partial charge in [-0.1, -0.05) is 38.0 Å². The number of unbranched alkanes of at least 4 members (excludes halogenated alkanes) is 1. The van der Waals surface area contributed by atoms with Crippen molar-refractivity contribution in [3.8, 4) is 0 Å². The van der Waals surface area contributed by atoms with Gasteiger partial charge in [-0.3, -0.25) is 4.79 Å². The van der Waals surface area contributed by atoms with Crippen LogP contribution in [-0.4, -0.2) is 15.5 Å². The van der Waals surface area contributed by atoms with Crippen LogP contribution in [0.3, 0.4) is 0 Å². The maximum absolute atomic E-state index is 12.4. The summed E-state index contributed by atoms with van der Waals surface area (Å²) < 4.78 is 2.36. The molecule has 3 rings (SSSR count). The number of rotatable bonds is 8. The molecule has 2 heterocycles. The molecule has 0 unspecified atom stereocenters. The summed E-state index contributed by atoms with van der Waals surface area (Å²) in [6, 6.07) is 12.2. The van der Waals surface area contributed by atoms with Gasteiger partial charge in [0.1, 0.15) is 5.82 Å². The second kappa shape index (κ2) is 8.85. The van der Waals surface area contributed by atoms with E-state index in [9.17, 15) is 4.79 Å². The molecule has 4 heteroatoms.